The van der Waals surface area contributed by atoms with Gasteiger partial charge in [-0.25, -0.2) is 4.99 Å². The van der Waals surface area contributed by atoms with Crippen LogP contribution in [0.15, 0.2) is 21.7 Å². The fourth-order valence-corrected chi connectivity index (χ4v) is 2.03. The second-order valence-electron chi connectivity index (χ2n) is 4.75. The number of nitrogens with zero attached hydrogens (tertiary/aromatic N) is 2. The van der Waals surface area contributed by atoms with E-state index in [9.17, 15) is 0 Å². The zero-order valence-electron chi connectivity index (χ0n) is 11.2. The fourth-order valence-electron chi connectivity index (χ4n) is 2.03. The molecule has 0 amide bonds. The monoisotopic (exact) mass is 376 g/mol. The van der Waals surface area contributed by atoms with Crippen molar-refractivity contribution in [1.82, 2.24) is 10.5 Å². The number of hydrogen-bond donors (Lipinski definition) is 2. The number of halogens is 1. The summed E-state index contributed by atoms with van der Waals surface area (Å²) >= 11 is 0. The molecule has 0 bridgehead atoms. The molecule has 0 aromatic carbocycles. The molecule has 5 nitrogen and oxygen atoms in total. The Morgan fingerprint density at radius 1 is 1.47 bits per heavy atom. The van der Waals surface area contributed by atoms with Crippen LogP contribution in [0, 0.1) is 0 Å². The topological polar surface area (TPSA) is 76.4 Å². The van der Waals surface area contributed by atoms with Gasteiger partial charge in [-0.1, -0.05) is 17.3 Å². The third kappa shape index (κ3) is 4.52. The molecule has 19 heavy (non-hydrogen) atoms. The molecular formula is C13H21IN4O. The highest BCUT2D eigenvalue weighted by Gasteiger charge is 2.18. The third-order valence-electron chi connectivity index (χ3n) is 3.00. The molecule has 3 N–H and O–H groups in total. The van der Waals surface area contributed by atoms with Crippen LogP contribution in [0.5, 0.6) is 0 Å². The largest absolute Gasteiger partial charge is 0.370 e. The number of fused-ring (bicyclic) bond motifs is 1. The van der Waals surface area contributed by atoms with Crippen LogP contribution in [0.4, 0.5) is 0 Å². The number of rotatable bonds is 4. The number of aliphatic imine (C=N–C) groups is 1. The summed E-state index contributed by atoms with van der Waals surface area (Å²) in [5, 5.41) is 7.08. The summed E-state index contributed by atoms with van der Waals surface area (Å²) in [7, 11) is 0. The average Bonchev–Trinajstić information content (AvgIpc) is 2.77. The van der Waals surface area contributed by atoms with E-state index in [1.54, 1.807) is 0 Å². The summed E-state index contributed by atoms with van der Waals surface area (Å²) < 4.78 is 5.32. The van der Waals surface area contributed by atoms with Crippen molar-refractivity contribution in [2.45, 2.75) is 39.2 Å². The molecule has 0 saturated carbocycles. The van der Waals surface area contributed by atoms with Crippen molar-refractivity contribution < 1.29 is 4.52 Å². The van der Waals surface area contributed by atoms with Crippen LogP contribution in [-0.4, -0.2) is 17.7 Å². The van der Waals surface area contributed by atoms with Gasteiger partial charge in [0.05, 0.1) is 6.54 Å². The van der Waals surface area contributed by atoms with Gasteiger partial charge >= 0.3 is 0 Å². The third-order valence-corrected chi connectivity index (χ3v) is 3.00. The summed E-state index contributed by atoms with van der Waals surface area (Å²) in [6.45, 7) is 6.86. The second kappa shape index (κ2) is 7.52. The van der Waals surface area contributed by atoms with E-state index in [1.807, 2.05) is 6.92 Å². The first kappa shape index (κ1) is 16.0. The van der Waals surface area contributed by atoms with Crippen molar-refractivity contribution >= 4 is 29.9 Å². The van der Waals surface area contributed by atoms with Gasteiger partial charge < -0.3 is 15.6 Å². The summed E-state index contributed by atoms with van der Waals surface area (Å²) in [5.74, 6) is 1.45. The maximum atomic E-state index is 5.75. The molecule has 1 aliphatic carbocycles. The quantitative estimate of drug-likeness (QED) is 0.366. The fraction of sp³-hybridized carbons (Fsp3) is 0.538. The molecule has 0 fully saturated rings. The van der Waals surface area contributed by atoms with Gasteiger partial charge in [0.2, 0.25) is 0 Å². The number of hydrogen-bond acceptors (Lipinski definition) is 3. The molecule has 0 spiro atoms. The van der Waals surface area contributed by atoms with Crippen LogP contribution in [0.3, 0.4) is 0 Å². The van der Waals surface area contributed by atoms with Crippen LogP contribution >= 0.6 is 24.0 Å². The van der Waals surface area contributed by atoms with E-state index in [4.69, 9.17) is 10.3 Å². The maximum Gasteiger partial charge on any atom is 0.189 e. The van der Waals surface area contributed by atoms with Crippen molar-refractivity contribution in [1.29, 1.82) is 0 Å². The molecule has 1 heterocycles. The summed E-state index contributed by atoms with van der Waals surface area (Å²) in [6.07, 6.45) is 4.43. The molecule has 1 aromatic heterocycles. The van der Waals surface area contributed by atoms with Gasteiger partial charge in [0.1, 0.15) is 11.5 Å². The van der Waals surface area contributed by atoms with E-state index in [-0.39, 0.29) is 24.0 Å². The lowest BCUT2D eigenvalue weighted by atomic mass is 9.96. The minimum absolute atomic E-state index is 0. The molecule has 106 valence electrons. The maximum absolute atomic E-state index is 5.75. The van der Waals surface area contributed by atoms with E-state index >= 15 is 0 Å². The summed E-state index contributed by atoms with van der Waals surface area (Å²) in [4.78, 5) is 4.27. The van der Waals surface area contributed by atoms with Gasteiger partial charge in [-0.2, -0.15) is 0 Å². The van der Waals surface area contributed by atoms with Gasteiger partial charge in [0.15, 0.2) is 5.96 Å². The Morgan fingerprint density at radius 3 is 2.95 bits per heavy atom. The van der Waals surface area contributed by atoms with Gasteiger partial charge in [-0.15, -0.1) is 24.0 Å². The van der Waals surface area contributed by atoms with E-state index in [0.29, 0.717) is 19.0 Å². The molecular weight excluding hydrogens is 355 g/mol. The highest BCUT2D eigenvalue weighted by Crippen LogP contribution is 2.24. The van der Waals surface area contributed by atoms with Crippen molar-refractivity contribution in [2.24, 2.45) is 10.7 Å². The molecule has 1 aliphatic rings. The highest BCUT2D eigenvalue weighted by molar-refractivity contribution is 14.0. The SMILES string of the molecule is C=C(C)CNC(N)=NCc1noc2c1CCCC2.I. The van der Waals surface area contributed by atoms with Gasteiger partial charge in [-0.3, -0.25) is 0 Å². The van der Waals surface area contributed by atoms with Crippen LogP contribution < -0.4 is 11.1 Å². The minimum atomic E-state index is 0. The summed E-state index contributed by atoms with van der Waals surface area (Å²) in [5.41, 5.74) is 8.93. The predicted octanol–water partition coefficient (Wildman–Crippen LogP) is 2.15. The van der Waals surface area contributed by atoms with Gasteiger partial charge in [-0.05, 0) is 26.2 Å². The number of aromatic nitrogens is 1. The number of guanidine groups is 1. The second-order valence-corrected chi connectivity index (χ2v) is 4.75. The summed E-state index contributed by atoms with van der Waals surface area (Å²) in [6, 6.07) is 0. The highest BCUT2D eigenvalue weighted by atomic mass is 127. The van der Waals surface area contributed by atoms with Gasteiger partial charge in [0.25, 0.3) is 0 Å². The Bertz CT molecular complexity index is 467. The van der Waals surface area contributed by atoms with Crippen molar-refractivity contribution in [3.05, 3.63) is 29.2 Å². The molecule has 0 atom stereocenters. The molecule has 0 aliphatic heterocycles. The average molecular weight is 376 g/mol. The lowest BCUT2D eigenvalue weighted by Crippen LogP contribution is -2.32. The molecule has 1 aromatic rings. The lowest BCUT2D eigenvalue weighted by molar-refractivity contribution is 0.368. The Balaban J connectivity index is 0.00000180. The Kier molecular flexibility index (Phi) is 6.33. The first-order chi connectivity index (χ1) is 8.66. The van der Waals surface area contributed by atoms with E-state index in [2.05, 4.69) is 22.0 Å². The van der Waals surface area contributed by atoms with Crippen molar-refractivity contribution in [3.8, 4) is 0 Å². The number of nitrogens with two attached hydrogens (primary N) is 1. The lowest BCUT2D eigenvalue weighted by Gasteiger charge is -2.08. The minimum Gasteiger partial charge on any atom is -0.370 e. The first-order valence-corrected chi connectivity index (χ1v) is 6.31. The zero-order chi connectivity index (χ0) is 13.0. The first-order valence-electron chi connectivity index (χ1n) is 6.31. The van der Waals surface area contributed by atoms with E-state index < -0.39 is 0 Å². The Labute approximate surface area is 130 Å². The molecule has 6 heteroatoms. The smallest absolute Gasteiger partial charge is 0.189 e. The van der Waals surface area contributed by atoms with E-state index in [0.717, 1.165) is 29.9 Å². The Hall–Kier alpha value is -1.05. The number of nitrogens with one attached hydrogen (secondary N) is 1. The van der Waals surface area contributed by atoms with Crippen LogP contribution in [-0.2, 0) is 19.4 Å². The van der Waals surface area contributed by atoms with Crippen LogP contribution in [0.1, 0.15) is 36.8 Å². The molecule has 0 unspecified atom stereocenters. The normalized spacial score (nSPS) is 14.5. The zero-order valence-corrected chi connectivity index (χ0v) is 13.6. The van der Waals surface area contributed by atoms with E-state index in [1.165, 1.54) is 18.4 Å². The predicted molar refractivity (Wildman–Crippen MR) is 86.7 cm³/mol. The molecule has 2 rings (SSSR count). The van der Waals surface area contributed by atoms with Crippen molar-refractivity contribution in [2.75, 3.05) is 6.54 Å². The van der Waals surface area contributed by atoms with Gasteiger partial charge in [0, 0.05) is 18.5 Å². The Morgan fingerprint density at radius 2 is 2.21 bits per heavy atom. The van der Waals surface area contributed by atoms with Crippen LogP contribution in [0.25, 0.3) is 0 Å². The standard InChI is InChI=1S/C13H20N4O.HI/c1-9(2)7-15-13(14)16-8-11-10-5-3-4-6-12(10)18-17-11;/h1,3-8H2,2H3,(H3,14,15,16);1H. The number of aryl methyl sites for hydroxylation is 1. The molecule has 0 saturated heterocycles. The van der Waals surface area contributed by atoms with Crippen molar-refractivity contribution in [3.63, 3.8) is 0 Å². The molecule has 0 radical (unpaired) electrons. The van der Waals surface area contributed by atoms with Crippen LogP contribution in [0.2, 0.25) is 0 Å².